The average Bonchev–Trinajstić information content (AvgIpc) is 3.38. The summed E-state index contributed by atoms with van der Waals surface area (Å²) in [6, 6.07) is 12.5. The summed E-state index contributed by atoms with van der Waals surface area (Å²) in [7, 11) is 4.09. The number of hydrogen-bond donors (Lipinski definition) is 2. The van der Waals surface area contributed by atoms with Crippen molar-refractivity contribution in [1.82, 2.24) is 25.4 Å². The molecule has 3 aromatic rings. The Morgan fingerprint density at radius 1 is 1.17 bits per heavy atom. The van der Waals surface area contributed by atoms with Gasteiger partial charge >= 0.3 is 0 Å². The lowest BCUT2D eigenvalue weighted by Gasteiger charge is -2.19. The molecule has 3 rings (SSSR count). The van der Waals surface area contributed by atoms with Crippen LogP contribution in [0.5, 0.6) is 0 Å². The van der Waals surface area contributed by atoms with E-state index >= 15 is 0 Å². The lowest BCUT2D eigenvalue weighted by molar-refractivity contribution is 0.697. The van der Waals surface area contributed by atoms with Gasteiger partial charge < -0.3 is 20.1 Å². The molecule has 0 amide bonds. The smallest absolute Gasteiger partial charge is 0.191 e. The Hall–Kier alpha value is -2.87. The molecule has 8 heteroatoms. The van der Waals surface area contributed by atoms with Gasteiger partial charge in [-0.25, -0.2) is 4.99 Å². The van der Waals surface area contributed by atoms with E-state index < -0.39 is 0 Å². The van der Waals surface area contributed by atoms with Gasteiger partial charge in [0, 0.05) is 32.9 Å². The van der Waals surface area contributed by atoms with E-state index in [0.717, 1.165) is 37.1 Å². The Kier molecular flexibility index (Phi) is 7.63. The average molecular weight is 412 g/mol. The highest BCUT2D eigenvalue weighted by molar-refractivity contribution is 7.07. The van der Waals surface area contributed by atoms with E-state index in [9.17, 15) is 0 Å². The van der Waals surface area contributed by atoms with Crippen LogP contribution in [0.4, 0.5) is 5.69 Å². The van der Waals surface area contributed by atoms with Crippen molar-refractivity contribution < 1.29 is 0 Å². The van der Waals surface area contributed by atoms with E-state index in [0.29, 0.717) is 13.1 Å². The number of guanidine groups is 1. The number of aryl methyl sites for hydroxylation is 1. The zero-order valence-corrected chi connectivity index (χ0v) is 18.1. The molecule has 0 fully saturated rings. The topological polar surface area (TPSA) is 70.4 Å². The van der Waals surface area contributed by atoms with Crippen molar-refractivity contribution in [1.29, 1.82) is 0 Å². The molecular weight excluding hydrogens is 382 g/mol. The molecule has 1 aromatic carbocycles. The first-order chi connectivity index (χ1) is 14.1. The second-order valence-corrected chi connectivity index (χ2v) is 7.69. The Labute approximate surface area is 176 Å². The van der Waals surface area contributed by atoms with Crippen molar-refractivity contribution in [2.45, 2.75) is 26.4 Å². The summed E-state index contributed by atoms with van der Waals surface area (Å²) in [6.07, 6.45) is 1.01. The monoisotopic (exact) mass is 411 g/mol. The summed E-state index contributed by atoms with van der Waals surface area (Å²) in [5.41, 5.74) is 2.45. The Balaban J connectivity index is 1.51. The third-order valence-corrected chi connectivity index (χ3v) is 5.49. The molecule has 0 saturated heterocycles. The van der Waals surface area contributed by atoms with Gasteiger partial charge in [-0.1, -0.05) is 18.2 Å². The number of aliphatic imine (C=N–C) groups is 1. The number of thiophene rings is 1. The van der Waals surface area contributed by atoms with Crippen molar-refractivity contribution in [3.8, 4) is 0 Å². The molecule has 0 bridgehead atoms. The Morgan fingerprint density at radius 2 is 2.00 bits per heavy atom. The number of benzene rings is 1. The summed E-state index contributed by atoms with van der Waals surface area (Å²) in [6.45, 7) is 4.99. The molecule has 2 heterocycles. The van der Waals surface area contributed by atoms with Gasteiger partial charge in [-0.3, -0.25) is 0 Å². The molecule has 0 atom stereocenters. The minimum absolute atomic E-state index is 0.580. The number of nitrogens with zero attached hydrogens (tertiary/aromatic N) is 5. The molecule has 2 aromatic heterocycles. The summed E-state index contributed by atoms with van der Waals surface area (Å²) in [4.78, 5) is 6.99. The van der Waals surface area contributed by atoms with Crippen LogP contribution >= 0.6 is 11.3 Å². The summed E-state index contributed by atoms with van der Waals surface area (Å²) in [5.74, 6) is 2.58. The first-order valence-corrected chi connectivity index (χ1v) is 10.7. The van der Waals surface area contributed by atoms with E-state index in [1.807, 2.05) is 24.6 Å². The zero-order valence-electron chi connectivity index (χ0n) is 17.3. The van der Waals surface area contributed by atoms with Crippen molar-refractivity contribution in [2.24, 2.45) is 12.0 Å². The number of anilines is 1. The molecule has 2 N–H and O–H groups in total. The van der Waals surface area contributed by atoms with Gasteiger partial charge in [0.25, 0.3) is 0 Å². The fourth-order valence-electron chi connectivity index (χ4n) is 2.83. The van der Waals surface area contributed by atoms with E-state index in [4.69, 9.17) is 4.99 Å². The quantitative estimate of drug-likeness (QED) is 0.322. The third-order valence-electron chi connectivity index (χ3n) is 4.76. The van der Waals surface area contributed by atoms with Crippen molar-refractivity contribution in [3.05, 3.63) is 64.4 Å². The lowest BCUT2D eigenvalue weighted by atomic mass is 10.3. The Bertz CT molecular complexity index is 887. The highest BCUT2D eigenvalue weighted by Crippen LogP contribution is 2.10. The molecule has 154 valence electrons. The standard InChI is InChI=1S/C21H29N7S/c1-17-25-26-20(28(17)3)15-24-21(23-14-18-10-13-29-16-18)22-11-7-12-27(2)19-8-5-4-6-9-19/h4-6,8-10,13,16H,7,11-12,14-15H2,1-3H3,(H2,22,23,24). The van der Waals surface area contributed by atoms with Gasteiger partial charge in [-0.05, 0) is 47.9 Å². The molecular formula is C21H29N7S. The molecule has 0 aliphatic carbocycles. The Morgan fingerprint density at radius 3 is 2.69 bits per heavy atom. The molecule has 0 aliphatic heterocycles. The molecule has 29 heavy (non-hydrogen) atoms. The van der Waals surface area contributed by atoms with Crippen molar-refractivity contribution >= 4 is 23.0 Å². The first kappa shape index (κ1) is 20.9. The van der Waals surface area contributed by atoms with E-state index in [1.54, 1.807) is 11.3 Å². The van der Waals surface area contributed by atoms with Crippen molar-refractivity contribution in [3.63, 3.8) is 0 Å². The van der Waals surface area contributed by atoms with Crippen LogP contribution in [-0.4, -0.2) is 40.9 Å². The fourth-order valence-corrected chi connectivity index (χ4v) is 3.49. The normalized spacial score (nSPS) is 11.5. The summed E-state index contributed by atoms with van der Waals surface area (Å²) < 4.78 is 1.98. The lowest BCUT2D eigenvalue weighted by Crippen LogP contribution is -2.38. The van der Waals surface area contributed by atoms with Gasteiger partial charge in [0.1, 0.15) is 5.82 Å². The molecule has 0 saturated carbocycles. The molecule has 0 spiro atoms. The van der Waals surface area contributed by atoms with Crippen LogP contribution < -0.4 is 15.5 Å². The summed E-state index contributed by atoms with van der Waals surface area (Å²) in [5, 5.41) is 19.4. The summed E-state index contributed by atoms with van der Waals surface area (Å²) >= 11 is 1.69. The van der Waals surface area contributed by atoms with Crippen LogP contribution in [0.3, 0.4) is 0 Å². The van der Waals surface area contributed by atoms with Gasteiger partial charge in [-0.15, -0.1) is 10.2 Å². The van der Waals surface area contributed by atoms with Crippen LogP contribution in [0.25, 0.3) is 0 Å². The molecule has 0 aliphatic rings. The predicted molar refractivity (Wildman–Crippen MR) is 120 cm³/mol. The van der Waals surface area contributed by atoms with E-state index in [-0.39, 0.29) is 0 Å². The number of rotatable bonds is 9. The molecule has 0 unspecified atom stereocenters. The number of para-hydroxylation sites is 1. The number of hydrogen-bond acceptors (Lipinski definition) is 5. The van der Waals surface area contributed by atoms with Crippen LogP contribution in [0, 0.1) is 6.92 Å². The molecule has 7 nitrogen and oxygen atoms in total. The van der Waals surface area contributed by atoms with E-state index in [2.05, 4.69) is 73.9 Å². The highest BCUT2D eigenvalue weighted by Gasteiger charge is 2.07. The maximum atomic E-state index is 4.72. The maximum absolute atomic E-state index is 4.72. The SMILES string of the molecule is Cc1nnc(CNC(=NCc2ccsc2)NCCCN(C)c2ccccc2)n1C. The minimum atomic E-state index is 0.580. The predicted octanol–water partition coefficient (Wildman–Crippen LogP) is 2.95. The van der Waals surface area contributed by atoms with E-state index in [1.165, 1.54) is 11.3 Å². The van der Waals surface area contributed by atoms with Crippen molar-refractivity contribution in [2.75, 3.05) is 25.0 Å². The zero-order chi connectivity index (χ0) is 20.5. The number of nitrogens with one attached hydrogen (secondary N) is 2. The third kappa shape index (κ3) is 6.32. The van der Waals surface area contributed by atoms with Crippen LogP contribution in [-0.2, 0) is 20.1 Å². The van der Waals surface area contributed by atoms with Gasteiger partial charge in [-0.2, -0.15) is 11.3 Å². The number of aromatic nitrogens is 3. The fraction of sp³-hybridized carbons (Fsp3) is 0.381. The maximum Gasteiger partial charge on any atom is 0.191 e. The van der Waals surface area contributed by atoms with Crippen LogP contribution in [0.15, 0.2) is 52.2 Å². The molecule has 0 radical (unpaired) electrons. The van der Waals surface area contributed by atoms with Gasteiger partial charge in [0.05, 0.1) is 13.1 Å². The second kappa shape index (κ2) is 10.6. The largest absolute Gasteiger partial charge is 0.375 e. The van der Waals surface area contributed by atoms with Gasteiger partial charge in [0.15, 0.2) is 11.8 Å². The minimum Gasteiger partial charge on any atom is -0.375 e. The van der Waals surface area contributed by atoms with Crippen LogP contribution in [0.2, 0.25) is 0 Å². The van der Waals surface area contributed by atoms with Gasteiger partial charge in [0.2, 0.25) is 0 Å². The van der Waals surface area contributed by atoms with Crippen LogP contribution in [0.1, 0.15) is 23.6 Å². The first-order valence-electron chi connectivity index (χ1n) is 9.78. The highest BCUT2D eigenvalue weighted by atomic mass is 32.1. The second-order valence-electron chi connectivity index (χ2n) is 6.91.